The van der Waals surface area contributed by atoms with E-state index in [-0.39, 0.29) is 19.1 Å². The molecule has 5 nitrogen and oxygen atoms in total. The van der Waals surface area contributed by atoms with Crippen LogP contribution >= 0.6 is 11.3 Å². The molecule has 1 aliphatic rings. The van der Waals surface area contributed by atoms with E-state index in [4.69, 9.17) is 9.84 Å². The zero-order valence-corrected chi connectivity index (χ0v) is 9.98. The number of hydrogen-bond acceptors (Lipinski definition) is 4. The van der Waals surface area contributed by atoms with Gasteiger partial charge in [0.25, 0.3) is 0 Å². The summed E-state index contributed by atoms with van der Waals surface area (Å²) in [6.07, 6.45) is -0.555. The number of rotatable bonds is 3. The molecule has 1 atom stereocenters. The fraction of sp³-hybridized carbons (Fsp3) is 0.455. The lowest BCUT2D eigenvalue weighted by Gasteiger charge is -2.30. The van der Waals surface area contributed by atoms with Crippen molar-refractivity contribution in [3.8, 4) is 0 Å². The summed E-state index contributed by atoms with van der Waals surface area (Å²) in [5.74, 6) is -1.05. The molecular formula is C11H13NO4S. The van der Waals surface area contributed by atoms with Crippen molar-refractivity contribution in [3.05, 3.63) is 22.4 Å². The summed E-state index contributed by atoms with van der Waals surface area (Å²) in [6, 6.07) is 3.80. The molecule has 0 aliphatic carbocycles. The zero-order chi connectivity index (χ0) is 12.3. The average molecular weight is 255 g/mol. The van der Waals surface area contributed by atoms with Crippen molar-refractivity contribution in [2.45, 2.75) is 12.5 Å². The number of nitrogens with zero attached hydrogens (tertiary/aromatic N) is 1. The molecule has 1 aliphatic heterocycles. The van der Waals surface area contributed by atoms with Crippen molar-refractivity contribution in [3.63, 3.8) is 0 Å². The Morgan fingerprint density at radius 2 is 2.41 bits per heavy atom. The monoisotopic (exact) mass is 255 g/mol. The van der Waals surface area contributed by atoms with Crippen molar-refractivity contribution < 1.29 is 19.4 Å². The number of carboxylic acid groups (broad SMARTS) is 1. The number of carbonyl (C=O) groups excluding carboxylic acids is 1. The fourth-order valence-electron chi connectivity index (χ4n) is 1.70. The summed E-state index contributed by atoms with van der Waals surface area (Å²) in [6.45, 7) is 0.890. The number of ether oxygens (including phenoxy) is 1. The Balaban J connectivity index is 1.93. The molecule has 1 aromatic heterocycles. The summed E-state index contributed by atoms with van der Waals surface area (Å²) in [4.78, 5) is 25.2. The maximum absolute atomic E-state index is 11.9. The second kappa shape index (κ2) is 5.29. The number of hydrogen-bond donors (Lipinski definition) is 1. The molecule has 2 heterocycles. The van der Waals surface area contributed by atoms with Crippen LogP contribution in [0.15, 0.2) is 17.5 Å². The minimum absolute atomic E-state index is 0.0398. The van der Waals surface area contributed by atoms with Crippen LogP contribution < -0.4 is 0 Å². The molecule has 92 valence electrons. The Morgan fingerprint density at radius 1 is 1.59 bits per heavy atom. The third-order valence-electron chi connectivity index (χ3n) is 2.60. The van der Waals surface area contributed by atoms with Gasteiger partial charge in [-0.3, -0.25) is 4.79 Å². The Kier molecular flexibility index (Phi) is 3.75. The minimum Gasteiger partial charge on any atom is -0.479 e. The van der Waals surface area contributed by atoms with E-state index < -0.39 is 12.1 Å². The first-order valence-electron chi connectivity index (χ1n) is 5.31. The molecule has 0 saturated carbocycles. The first-order valence-corrected chi connectivity index (χ1v) is 6.19. The summed E-state index contributed by atoms with van der Waals surface area (Å²) in [5.41, 5.74) is 0. The van der Waals surface area contributed by atoms with Gasteiger partial charge in [-0.15, -0.1) is 11.3 Å². The number of carboxylic acids is 1. The molecule has 1 amide bonds. The van der Waals surface area contributed by atoms with Crippen molar-refractivity contribution in [1.29, 1.82) is 0 Å². The third-order valence-corrected chi connectivity index (χ3v) is 3.48. The van der Waals surface area contributed by atoms with Gasteiger partial charge in [0.05, 0.1) is 19.6 Å². The molecule has 0 aromatic carbocycles. The van der Waals surface area contributed by atoms with E-state index in [2.05, 4.69) is 0 Å². The lowest BCUT2D eigenvalue weighted by atomic mass is 10.2. The van der Waals surface area contributed by atoms with Gasteiger partial charge in [-0.2, -0.15) is 0 Å². The van der Waals surface area contributed by atoms with Crippen LogP contribution in [-0.4, -0.2) is 47.7 Å². The SMILES string of the molecule is O=C(O)C1CN(C(=O)Cc2cccs2)CCO1. The van der Waals surface area contributed by atoms with E-state index in [1.165, 1.54) is 11.3 Å². The molecule has 1 unspecified atom stereocenters. The van der Waals surface area contributed by atoms with E-state index in [9.17, 15) is 9.59 Å². The van der Waals surface area contributed by atoms with Crippen molar-refractivity contribution in [2.75, 3.05) is 19.7 Å². The van der Waals surface area contributed by atoms with Gasteiger partial charge in [-0.1, -0.05) is 6.07 Å². The van der Waals surface area contributed by atoms with Crippen LogP contribution in [0.25, 0.3) is 0 Å². The maximum Gasteiger partial charge on any atom is 0.334 e. The van der Waals surface area contributed by atoms with Crippen LogP contribution in [0.1, 0.15) is 4.88 Å². The Morgan fingerprint density at radius 3 is 3.06 bits per heavy atom. The molecule has 1 fully saturated rings. The Bertz CT molecular complexity index is 404. The molecule has 2 rings (SSSR count). The highest BCUT2D eigenvalue weighted by atomic mass is 32.1. The largest absolute Gasteiger partial charge is 0.479 e. The van der Waals surface area contributed by atoms with Gasteiger partial charge in [0, 0.05) is 11.4 Å². The summed E-state index contributed by atoms with van der Waals surface area (Å²) < 4.78 is 5.06. The van der Waals surface area contributed by atoms with Crippen LogP contribution in [0.5, 0.6) is 0 Å². The molecule has 0 radical (unpaired) electrons. The molecular weight excluding hydrogens is 242 g/mol. The van der Waals surface area contributed by atoms with E-state index in [1.54, 1.807) is 4.90 Å². The first-order chi connectivity index (χ1) is 8.16. The molecule has 0 spiro atoms. The molecule has 1 saturated heterocycles. The topological polar surface area (TPSA) is 66.8 Å². The third kappa shape index (κ3) is 3.04. The van der Waals surface area contributed by atoms with Gasteiger partial charge < -0.3 is 14.7 Å². The predicted octanol–water partition coefficient (Wildman–Crippen LogP) is 0.603. The highest BCUT2D eigenvalue weighted by Gasteiger charge is 2.28. The normalized spacial score (nSPS) is 20.2. The Hall–Kier alpha value is -1.40. The van der Waals surface area contributed by atoms with Gasteiger partial charge in [-0.05, 0) is 11.4 Å². The van der Waals surface area contributed by atoms with Gasteiger partial charge >= 0.3 is 5.97 Å². The number of carbonyl (C=O) groups is 2. The smallest absolute Gasteiger partial charge is 0.334 e. The lowest BCUT2D eigenvalue weighted by Crippen LogP contribution is -2.48. The van der Waals surface area contributed by atoms with Crippen LogP contribution in [0.2, 0.25) is 0 Å². The molecule has 6 heteroatoms. The second-order valence-corrected chi connectivity index (χ2v) is 4.83. The van der Waals surface area contributed by atoms with Gasteiger partial charge in [0.1, 0.15) is 0 Å². The van der Waals surface area contributed by atoms with Crippen molar-refractivity contribution in [1.82, 2.24) is 4.90 Å². The van der Waals surface area contributed by atoms with Crippen LogP contribution in [0.4, 0.5) is 0 Å². The number of thiophene rings is 1. The van der Waals surface area contributed by atoms with E-state index in [0.29, 0.717) is 13.0 Å². The standard InChI is InChI=1S/C11H13NO4S/c13-10(6-8-2-1-5-17-8)12-3-4-16-9(7-12)11(14)15/h1-2,5,9H,3-4,6-7H2,(H,14,15). The van der Waals surface area contributed by atoms with Crippen LogP contribution in [0.3, 0.4) is 0 Å². The minimum atomic E-state index is -1.02. The van der Waals surface area contributed by atoms with Crippen molar-refractivity contribution in [2.24, 2.45) is 0 Å². The number of morpholine rings is 1. The zero-order valence-electron chi connectivity index (χ0n) is 9.17. The number of amides is 1. The van der Waals surface area contributed by atoms with Gasteiger partial charge in [0.2, 0.25) is 5.91 Å². The van der Waals surface area contributed by atoms with Crippen molar-refractivity contribution >= 4 is 23.2 Å². The number of aliphatic carboxylic acids is 1. The first kappa shape index (κ1) is 12.1. The fourth-order valence-corrected chi connectivity index (χ4v) is 2.40. The summed E-state index contributed by atoms with van der Waals surface area (Å²) in [5, 5.41) is 10.8. The maximum atomic E-state index is 11.9. The second-order valence-electron chi connectivity index (χ2n) is 3.79. The highest BCUT2D eigenvalue weighted by molar-refractivity contribution is 7.10. The van der Waals surface area contributed by atoms with E-state index >= 15 is 0 Å². The quantitative estimate of drug-likeness (QED) is 0.859. The lowest BCUT2D eigenvalue weighted by molar-refractivity contribution is -0.159. The van der Waals surface area contributed by atoms with Crippen LogP contribution in [-0.2, 0) is 20.7 Å². The average Bonchev–Trinajstić information content (AvgIpc) is 2.82. The predicted molar refractivity (Wildman–Crippen MR) is 62.0 cm³/mol. The Labute approximate surface area is 103 Å². The summed E-state index contributed by atoms with van der Waals surface area (Å²) in [7, 11) is 0. The molecule has 1 N–H and O–H groups in total. The van der Waals surface area contributed by atoms with Gasteiger partial charge in [0.15, 0.2) is 6.10 Å². The summed E-state index contributed by atoms with van der Waals surface area (Å²) >= 11 is 1.53. The molecule has 0 bridgehead atoms. The van der Waals surface area contributed by atoms with Gasteiger partial charge in [-0.25, -0.2) is 4.79 Å². The molecule has 17 heavy (non-hydrogen) atoms. The van der Waals surface area contributed by atoms with Crippen LogP contribution in [0, 0.1) is 0 Å². The molecule has 1 aromatic rings. The highest BCUT2D eigenvalue weighted by Crippen LogP contribution is 2.13. The van der Waals surface area contributed by atoms with E-state index in [0.717, 1.165) is 4.88 Å². The van der Waals surface area contributed by atoms with E-state index in [1.807, 2.05) is 17.5 Å².